The van der Waals surface area contributed by atoms with E-state index in [1.807, 2.05) is 0 Å². The molecule has 0 aliphatic heterocycles. The van der Waals surface area contributed by atoms with Crippen molar-refractivity contribution in [2.45, 2.75) is 51.3 Å². The maximum Gasteiger partial charge on any atom is 0.257 e. The Bertz CT molecular complexity index is 911. The zero-order valence-corrected chi connectivity index (χ0v) is 17.9. The fourth-order valence-electron chi connectivity index (χ4n) is 2.65. The molecule has 0 atom stereocenters. The second-order valence-corrected chi connectivity index (χ2v) is 9.12. The molecule has 0 unspecified atom stereocenters. The van der Waals surface area contributed by atoms with Gasteiger partial charge in [-0.15, -0.1) is 10.2 Å². The lowest BCUT2D eigenvalue weighted by Gasteiger charge is -2.19. The maximum atomic E-state index is 14.2. The molecule has 0 radical (unpaired) electrons. The molecule has 7 nitrogen and oxygen atoms in total. The first-order valence-corrected chi connectivity index (χ1v) is 11.5. The summed E-state index contributed by atoms with van der Waals surface area (Å²) in [5.74, 6) is -1.45. The lowest BCUT2D eigenvalue weighted by molar-refractivity contribution is 0.102. The van der Waals surface area contributed by atoms with Crippen LogP contribution in [-0.4, -0.2) is 41.9 Å². The molecule has 0 saturated carbocycles. The Kier molecular flexibility index (Phi) is 8.02. The average Bonchev–Trinajstić information content (AvgIpc) is 3.10. The number of anilines is 1. The summed E-state index contributed by atoms with van der Waals surface area (Å²) in [5.41, 5.74) is 0.0369. The summed E-state index contributed by atoms with van der Waals surface area (Å²) in [6, 6.07) is 3.29. The van der Waals surface area contributed by atoms with Crippen molar-refractivity contribution in [3.63, 3.8) is 0 Å². The molecule has 1 N–H and O–H groups in total. The minimum absolute atomic E-state index is 0.0369. The lowest BCUT2D eigenvalue weighted by atomic mass is 10.2. The number of unbranched alkanes of at least 4 members (excludes halogenated alkanes) is 2. The van der Waals surface area contributed by atoms with Crippen molar-refractivity contribution in [3.8, 4) is 0 Å². The van der Waals surface area contributed by atoms with Crippen LogP contribution in [0.25, 0.3) is 0 Å². The molecule has 0 aliphatic rings. The van der Waals surface area contributed by atoms with E-state index in [-0.39, 0.29) is 18.7 Å². The summed E-state index contributed by atoms with van der Waals surface area (Å²) in [4.78, 5) is 12.0. The lowest BCUT2D eigenvalue weighted by Crippen LogP contribution is -2.31. The van der Waals surface area contributed by atoms with Crippen molar-refractivity contribution in [2.75, 3.05) is 18.4 Å². The van der Waals surface area contributed by atoms with E-state index >= 15 is 0 Å². The number of halogens is 1. The van der Waals surface area contributed by atoms with Crippen molar-refractivity contribution in [2.24, 2.45) is 0 Å². The Morgan fingerprint density at radius 1 is 1.18 bits per heavy atom. The second-order valence-electron chi connectivity index (χ2n) is 6.15. The SMILES string of the molecule is CCCCCc1nnc(NC(=O)c2ccc(F)c(S(=O)(=O)N(CC)CC)c2)s1. The highest BCUT2D eigenvalue weighted by Gasteiger charge is 2.26. The standard InChI is InChI=1S/C18H25FN4O3S2/c1-4-7-8-9-16-21-22-18(27-16)20-17(24)13-10-11-14(19)15(12-13)28(25,26)23(5-2)6-3/h10-12H,4-9H2,1-3H3,(H,20,22,24). The summed E-state index contributed by atoms with van der Waals surface area (Å²) in [6.07, 6.45) is 4.00. The molecule has 0 aliphatic carbocycles. The molecule has 154 valence electrons. The third-order valence-corrected chi connectivity index (χ3v) is 7.16. The number of carbonyl (C=O) groups excluding carboxylic acids is 1. The van der Waals surface area contributed by atoms with Crippen LogP contribution >= 0.6 is 11.3 Å². The average molecular weight is 429 g/mol. The third kappa shape index (κ3) is 5.33. The first-order chi connectivity index (χ1) is 13.3. The van der Waals surface area contributed by atoms with Crippen LogP contribution in [0.5, 0.6) is 0 Å². The van der Waals surface area contributed by atoms with Crippen molar-refractivity contribution in [3.05, 3.63) is 34.6 Å². The van der Waals surface area contributed by atoms with E-state index in [1.165, 1.54) is 17.4 Å². The third-order valence-electron chi connectivity index (χ3n) is 4.20. The summed E-state index contributed by atoms with van der Waals surface area (Å²) >= 11 is 1.28. The van der Waals surface area contributed by atoms with E-state index in [4.69, 9.17) is 0 Å². The summed E-state index contributed by atoms with van der Waals surface area (Å²) < 4.78 is 40.5. The van der Waals surface area contributed by atoms with E-state index in [9.17, 15) is 17.6 Å². The van der Waals surface area contributed by atoms with Crippen LogP contribution in [0.1, 0.15) is 55.4 Å². The number of amides is 1. The van der Waals surface area contributed by atoms with Gasteiger partial charge in [-0.05, 0) is 24.6 Å². The zero-order valence-electron chi connectivity index (χ0n) is 16.2. The first-order valence-electron chi connectivity index (χ1n) is 9.26. The monoisotopic (exact) mass is 428 g/mol. The van der Waals surface area contributed by atoms with E-state index in [0.29, 0.717) is 5.13 Å². The van der Waals surface area contributed by atoms with Crippen LogP contribution in [0.3, 0.4) is 0 Å². The molecular weight excluding hydrogens is 403 g/mol. The number of hydrogen-bond acceptors (Lipinski definition) is 6. The van der Waals surface area contributed by atoms with Gasteiger partial charge in [0.1, 0.15) is 15.7 Å². The Labute approximate surface area is 169 Å². The van der Waals surface area contributed by atoms with E-state index in [1.54, 1.807) is 13.8 Å². The van der Waals surface area contributed by atoms with E-state index < -0.39 is 26.6 Å². The second kappa shape index (κ2) is 10.0. The zero-order chi connectivity index (χ0) is 20.7. The van der Waals surface area contributed by atoms with Crippen LogP contribution < -0.4 is 5.32 Å². The molecule has 10 heteroatoms. The van der Waals surface area contributed by atoms with Crippen molar-refractivity contribution in [1.82, 2.24) is 14.5 Å². The van der Waals surface area contributed by atoms with Crippen molar-refractivity contribution >= 4 is 32.4 Å². The molecule has 1 aromatic heterocycles. The summed E-state index contributed by atoms with van der Waals surface area (Å²) in [5, 5.41) is 11.7. The molecule has 0 bridgehead atoms. The first kappa shape index (κ1) is 22.4. The molecule has 0 spiro atoms. The number of rotatable bonds is 10. The van der Waals surface area contributed by atoms with Gasteiger partial charge in [0, 0.05) is 25.1 Å². The molecule has 2 rings (SSSR count). The Morgan fingerprint density at radius 2 is 1.89 bits per heavy atom. The predicted octanol–water partition coefficient (Wildman–Crippen LogP) is 3.69. The van der Waals surface area contributed by atoms with E-state index in [0.717, 1.165) is 47.1 Å². The van der Waals surface area contributed by atoms with Gasteiger partial charge in [-0.1, -0.05) is 44.9 Å². The van der Waals surface area contributed by atoms with Gasteiger partial charge in [-0.2, -0.15) is 4.31 Å². The van der Waals surface area contributed by atoms with Gasteiger partial charge in [-0.25, -0.2) is 12.8 Å². The highest BCUT2D eigenvalue weighted by molar-refractivity contribution is 7.89. The van der Waals surface area contributed by atoms with Gasteiger partial charge in [0.05, 0.1) is 0 Å². The van der Waals surface area contributed by atoms with Gasteiger partial charge in [0.25, 0.3) is 5.91 Å². The Balaban J connectivity index is 2.19. The highest BCUT2D eigenvalue weighted by Crippen LogP contribution is 2.22. The molecular formula is C18H25FN4O3S2. The van der Waals surface area contributed by atoms with Crippen LogP contribution in [0.2, 0.25) is 0 Å². The summed E-state index contributed by atoms with van der Waals surface area (Å²) in [6.45, 7) is 5.87. The Morgan fingerprint density at radius 3 is 2.54 bits per heavy atom. The maximum absolute atomic E-state index is 14.2. The smallest absolute Gasteiger partial charge is 0.257 e. The number of nitrogens with one attached hydrogen (secondary N) is 1. The highest BCUT2D eigenvalue weighted by atomic mass is 32.2. The normalized spacial score (nSPS) is 11.8. The molecule has 1 aromatic carbocycles. The minimum atomic E-state index is -4.02. The molecule has 0 fully saturated rings. The van der Waals surface area contributed by atoms with Crippen molar-refractivity contribution in [1.29, 1.82) is 0 Å². The number of hydrogen-bond donors (Lipinski definition) is 1. The van der Waals surface area contributed by atoms with Gasteiger partial charge in [0.15, 0.2) is 0 Å². The molecule has 0 saturated heterocycles. The van der Waals surface area contributed by atoms with Gasteiger partial charge >= 0.3 is 0 Å². The number of aryl methyl sites for hydroxylation is 1. The van der Waals surface area contributed by atoms with Crippen molar-refractivity contribution < 1.29 is 17.6 Å². The van der Waals surface area contributed by atoms with Gasteiger partial charge in [0.2, 0.25) is 15.2 Å². The predicted molar refractivity (Wildman–Crippen MR) is 108 cm³/mol. The molecule has 1 heterocycles. The largest absolute Gasteiger partial charge is 0.296 e. The van der Waals surface area contributed by atoms with E-state index in [2.05, 4.69) is 22.4 Å². The topological polar surface area (TPSA) is 92.3 Å². The van der Waals surface area contributed by atoms with Gasteiger partial charge < -0.3 is 0 Å². The quantitative estimate of drug-likeness (QED) is 0.583. The number of aromatic nitrogens is 2. The number of benzene rings is 1. The number of nitrogens with zero attached hydrogens (tertiary/aromatic N) is 3. The number of carbonyl (C=O) groups is 1. The van der Waals surface area contributed by atoms with Crippen LogP contribution in [0, 0.1) is 5.82 Å². The minimum Gasteiger partial charge on any atom is -0.296 e. The molecule has 1 amide bonds. The molecule has 2 aromatic rings. The van der Waals surface area contributed by atoms with Gasteiger partial charge in [-0.3, -0.25) is 10.1 Å². The fourth-order valence-corrected chi connectivity index (χ4v) is 4.97. The fraction of sp³-hybridized carbons (Fsp3) is 0.500. The number of sulfonamides is 1. The Hall–Kier alpha value is -1.91. The molecule has 28 heavy (non-hydrogen) atoms. The van der Waals surface area contributed by atoms with Crippen LogP contribution in [-0.2, 0) is 16.4 Å². The van der Waals surface area contributed by atoms with Crippen LogP contribution in [0.15, 0.2) is 23.1 Å². The summed E-state index contributed by atoms with van der Waals surface area (Å²) in [7, 11) is -4.02. The van der Waals surface area contributed by atoms with Crippen LogP contribution in [0.4, 0.5) is 9.52 Å².